The van der Waals surface area contributed by atoms with Gasteiger partial charge in [-0.25, -0.2) is 9.97 Å². The Labute approximate surface area is 129 Å². The van der Waals surface area contributed by atoms with E-state index in [1.54, 1.807) is 7.05 Å². The zero-order chi connectivity index (χ0) is 16.8. The number of hydrogen-bond donors (Lipinski definition) is 1. The smallest absolute Gasteiger partial charge is 0.368 e. The van der Waals surface area contributed by atoms with Crippen LogP contribution in [-0.2, 0) is 13.0 Å². The third-order valence-corrected chi connectivity index (χ3v) is 3.74. The van der Waals surface area contributed by atoms with Gasteiger partial charge in [0.1, 0.15) is 6.54 Å². The Morgan fingerprint density at radius 2 is 2.13 bits per heavy atom. The number of likely N-dealkylation sites (N-methyl/N-ethyl adjacent to an activating group) is 1. The molecule has 1 amide bonds. The predicted octanol–water partition coefficient (Wildman–Crippen LogP) is 1.72. The number of carbonyl (C=O) groups excluding carboxylic acids is 1. The first-order valence-electron chi connectivity index (χ1n) is 6.90. The second kappa shape index (κ2) is 5.25. The van der Waals surface area contributed by atoms with Crippen LogP contribution in [0.25, 0.3) is 11.4 Å². The van der Waals surface area contributed by atoms with E-state index in [9.17, 15) is 18.0 Å². The zero-order valence-corrected chi connectivity index (χ0v) is 12.3. The second-order valence-corrected chi connectivity index (χ2v) is 5.37. The number of anilines is 1. The van der Waals surface area contributed by atoms with Gasteiger partial charge < -0.3 is 15.2 Å². The molecule has 0 saturated carbocycles. The largest absolute Gasteiger partial charge is 0.406 e. The van der Waals surface area contributed by atoms with Crippen LogP contribution in [0.1, 0.15) is 16.1 Å². The van der Waals surface area contributed by atoms with Crippen molar-refractivity contribution in [3.05, 3.63) is 29.6 Å². The highest BCUT2D eigenvalue weighted by atomic mass is 19.4. The molecule has 0 aliphatic carbocycles. The van der Waals surface area contributed by atoms with Gasteiger partial charge in [-0.3, -0.25) is 4.79 Å². The van der Waals surface area contributed by atoms with Gasteiger partial charge in [0, 0.05) is 31.9 Å². The number of nitrogens with two attached hydrogens (primary N) is 1. The third-order valence-electron chi connectivity index (χ3n) is 3.74. The molecule has 2 aromatic heterocycles. The maximum absolute atomic E-state index is 13.0. The van der Waals surface area contributed by atoms with Gasteiger partial charge in [0.25, 0.3) is 5.91 Å². The quantitative estimate of drug-likeness (QED) is 0.912. The van der Waals surface area contributed by atoms with Crippen molar-refractivity contribution >= 4 is 11.9 Å². The van der Waals surface area contributed by atoms with Crippen LogP contribution < -0.4 is 5.73 Å². The maximum atomic E-state index is 13.0. The summed E-state index contributed by atoms with van der Waals surface area (Å²) in [5, 5.41) is 0. The van der Waals surface area contributed by atoms with E-state index < -0.39 is 12.7 Å². The van der Waals surface area contributed by atoms with Crippen LogP contribution >= 0.6 is 0 Å². The lowest BCUT2D eigenvalue weighted by atomic mass is 10.1. The number of alkyl halides is 3. The van der Waals surface area contributed by atoms with Crippen LogP contribution in [0.3, 0.4) is 0 Å². The lowest BCUT2D eigenvalue weighted by Crippen LogP contribution is -2.35. The SMILES string of the molecule is CN1CCc2c(cc(-c3ccnc(N)n3)n2CC(F)(F)F)C1=O. The zero-order valence-electron chi connectivity index (χ0n) is 12.3. The van der Waals surface area contributed by atoms with Gasteiger partial charge in [-0.15, -0.1) is 0 Å². The molecule has 23 heavy (non-hydrogen) atoms. The van der Waals surface area contributed by atoms with E-state index in [-0.39, 0.29) is 28.8 Å². The first kappa shape index (κ1) is 15.3. The van der Waals surface area contributed by atoms with E-state index in [0.29, 0.717) is 18.7 Å². The normalized spacial score (nSPS) is 15.0. The molecule has 1 aliphatic rings. The highest BCUT2D eigenvalue weighted by Crippen LogP contribution is 2.31. The Kier molecular flexibility index (Phi) is 3.50. The van der Waals surface area contributed by atoms with Gasteiger partial charge in [-0.05, 0) is 12.1 Å². The molecular formula is C14H14F3N5O. The molecular weight excluding hydrogens is 311 g/mol. The highest BCUT2D eigenvalue weighted by molar-refractivity contribution is 5.97. The summed E-state index contributed by atoms with van der Waals surface area (Å²) in [6.45, 7) is -0.808. The number of amides is 1. The van der Waals surface area contributed by atoms with E-state index in [1.807, 2.05) is 0 Å². The molecule has 3 heterocycles. The van der Waals surface area contributed by atoms with Crippen LogP contribution in [0.2, 0.25) is 0 Å². The van der Waals surface area contributed by atoms with Gasteiger partial charge in [0.05, 0.1) is 17.0 Å². The summed E-state index contributed by atoms with van der Waals surface area (Å²) >= 11 is 0. The lowest BCUT2D eigenvalue weighted by Gasteiger charge is -2.24. The molecule has 0 spiro atoms. The van der Waals surface area contributed by atoms with Gasteiger partial charge in [-0.2, -0.15) is 13.2 Å². The molecule has 0 aromatic carbocycles. The van der Waals surface area contributed by atoms with Crippen molar-refractivity contribution in [2.24, 2.45) is 0 Å². The van der Waals surface area contributed by atoms with E-state index in [4.69, 9.17) is 5.73 Å². The summed E-state index contributed by atoms with van der Waals surface area (Å²) in [6.07, 6.45) is -2.68. The van der Waals surface area contributed by atoms with Crippen LogP contribution in [0.4, 0.5) is 19.1 Å². The Bertz CT molecular complexity index is 768. The second-order valence-electron chi connectivity index (χ2n) is 5.37. The Balaban J connectivity index is 2.18. The Morgan fingerprint density at radius 1 is 1.39 bits per heavy atom. The van der Waals surface area contributed by atoms with E-state index >= 15 is 0 Å². The Hall–Kier alpha value is -2.58. The molecule has 0 unspecified atom stereocenters. The van der Waals surface area contributed by atoms with Crippen molar-refractivity contribution in [1.82, 2.24) is 19.4 Å². The lowest BCUT2D eigenvalue weighted by molar-refractivity contribution is -0.140. The van der Waals surface area contributed by atoms with Crippen molar-refractivity contribution in [2.75, 3.05) is 19.3 Å². The minimum absolute atomic E-state index is 0.0383. The molecule has 0 fully saturated rings. The fraction of sp³-hybridized carbons (Fsp3) is 0.357. The molecule has 0 radical (unpaired) electrons. The number of nitrogens with zero attached hydrogens (tertiary/aromatic N) is 4. The average Bonchev–Trinajstić information content (AvgIpc) is 2.80. The number of rotatable bonds is 2. The molecule has 9 heteroatoms. The summed E-state index contributed by atoms with van der Waals surface area (Å²) in [5.41, 5.74) is 6.63. The number of aromatic nitrogens is 3. The number of fused-ring (bicyclic) bond motifs is 1. The number of carbonyl (C=O) groups is 1. The molecule has 2 aromatic rings. The summed E-state index contributed by atoms with van der Waals surface area (Å²) in [7, 11) is 1.62. The molecule has 2 N–H and O–H groups in total. The molecule has 122 valence electrons. The molecule has 0 saturated heterocycles. The third kappa shape index (κ3) is 2.86. The molecule has 0 bridgehead atoms. The topological polar surface area (TPSA) is 77.0 Å². The number of nitrogen functional groups attached to an aromatic ring is 1. The summed E-state index contributed by atoms with van der Waals surface area (Å²) < 4.78 is 40.0. The van der Waals surface area contributed by atoms with Crippen molar-refractivity contribution in [3.8, 4) is 11.4 Å². The fourth-order valence-electron chi connectivity index (χ4n) is 2.71. The van der Waals surface area contributed by atoms with E-state index in [1.165, 1.54) is 23.2 Å². The summed E-state index contributed by atoms with van der Waals surface area (Å²) in [6, 6.07) is 2.92. The maximum Gasteiger partial charge on any atom is 0.406 e. The van der Waals surface area contributed by atoms with Crippen LogP contribution in [-0.4, -0.2) is 45.1 Å². The van der Waals surface area contributed by atoms with Crippen LogP contribution in [0.15, 0.2) is 18.3 Å². The van der Waals surface area contributed by atoms with E-state index in [2.05, 4.69) is 9.97 Å². The molecule has 6 nitrogen and oxygen atoms in total. The number of halogens is 3. The van der Waals surface area contributed by atoms with Crippen molar-refractivity contribution in [1.29, 1.82) is 0 Å². The summed E-state index contributed by atoms with van der Waals surface area (Å²) in [4.78, 5) is 21.4. The van der Waals surface area contributed by atoms with Gasteiger partial charge >= 0.3 is 6.18 Å². The number of hydrogen-bond acceptors (Lipinski definition) is 4. The first-order chi connectivity index (χ1) is 10.8. The standard InChI is InChI=1S/C14H14F3N5O/c1-21-5-3-10-8(12(21)23)6-11(22(10)7-14(15,16)17)9-2-4-19-13(18)20-9/h2,4,6H,3,5,7H2,1H3,(H2,18,19,20). The predicted molar refractivity (Wildman–Crippen MR) is 76.6 cm³/mol. The minimum Gasteiger partial charge on any atom is -0.368 e. The highest BCUT2D eigenvalue weighted by Gasteiger charge is 2.34. The van der Waals surface area contributed by atoms with Crippen molar-refractivity contribution in [3.63, 3.8) is 0 Å². The average molecular weight is 325 g/mol. The van der Waals surface area contributed by atoms with Crippen LogP contribution in [0, 0.1) is 0 Å². The van der Waals surface area contributed by atoms with E-state index in [0.717, 1.165) is 4.57 Å². The Morgan fingerprint density at radius 3 is 2.78 bits per heavy atom. The van der Waals surface area contributed by atoms with Gasteiger partial charge in [0.15, 0.2) is 0 Å². The summed E-state index contributed by atoms with van der Waals surface area (Å²) in [5.74, 6) is -0.334. The minimum atomic E-state index is -4.41. The van der Waals surface area contributed by atoms with Crippen molar-refractivity contribution < 1.29 is 18.0 Å². The monoisotopic (exact) mass is 325 g/mol. The molecule has 3 rings (SSSR count). The molecule has 0 atom stereocenters. The van der Waals surface area contributed by atoms with Gasteiger partial charge in [0.2, 0.25) is 5.95 Å². The van der Waals surface area contributed by atoms with Crippen molar-refractivity contribution in [2.45, 2.75) is 19.1 Å². The van der Waals surface area contributed by atoms with Gasteiger partial charge in [-0.1, -0.05) is 0 Å². The first-order valence-corrected chi connectivity index (χ1v) is 6.90. The fourth-order valence-corrected chi connectivity index (χ4v) is 2.71. The van der Waals surface area contributed by atoms with Crippen LogP contribution in [0.5, 0.6) is 0 Å². The molecule has 1 aliphatic heterocycles.